The van der Waals surface area contributed by atoms with Gasteiger partial charge in [-0.25, -0.2) is 0 Å². The number of carbonyl (C=O) groups excluding carboxylic acids is 1. The van der Waals surface area contributed by atoms with Crippen molar-refractivity contribution in [3.8, 4) is 11.5 Å². The van der Waals surface area contributed by atoms with Crippen molar-refractivity contribution in [1.29, 1.82) is 0 Å². The zero-order chi connectivity index (χ0) is 10.8. The van der Waals surface area contributed by atoms with Crippen LogP contribution in [-0.4, -0.2) is 20.1 Å². The number of hydrogen-bond acceptors (Lipinski definition) is 3. The molecular weight excluding hydrogens is 194 g/mol. The lowest BCUT2D eigenvalue weighted by Gasteiger charge is -2.19. The lowest BCUT2D eigenvalue weighted by atomic mass is 10.0. The predicted octanol–water partition coefficient (Wildman–Crippen LogP) is 1.59. The highest BCUT2D eigenvalue weighted by molar-refractivity contribution is 5.94. The number of benzene rings is 1. The molecule has 15 heavy (non-hydrogen) atoms. The van der Waals surface area contributed by atoms with Gasteiger partial charge in [0.05, 0.1) is 14.2 Å². The largest absolute Gasteiger partial charge is 0.493 e. The van der Waals surface area contributed by atoms with Crippen molar-refractivity contribution >= 4 is 11.6 Å². The minimum absolute atomic E-state index is 0.0507. The van der Waals surface area contributed by atoms with Crippen molar-refractivity contribution in [2.24, 2.45) is 0 Å². The van der Waals surface area contributed by atoms with E-state index in [-0.39, 0.29) is 5.91 Å². The van der Waals surface area contributed by atoms with Gasteiger partial charge in [0.2, 0.25) is 5.91 Å². The summed E-state index contributed by atoms with van der Waals surface area (Å²) in [5, 5.41) is 2.81. The van der Waals surface area contributed by atoms with E-state index in [0.29, 0.717) is 17.9 Å². The summed E-state index contributed by atoms with van der Waals surface area (Å²) >= 11 is 0. The molecule has 1 amide bonds. The molecule has 0 radical (unpaired) electrons. The van der Waals surface area contributed by atoms with Crippen LogP contribution in [0.1, 0.15) is 12.0 Å². The number of anilines is 1. The smallest absolute Gasteiger partial charge is 0.224 e. The summed E-state index contributed by atoms with van der Waals surface area (Å²) in [5.74, 6) is 1.39. The van der Waals surface area contributed by atoms with Crippen LogP contribution in [0.5, 0.6) is 11.5 Å². The Hall–Kier alpha value is -1.71. The van der Waals surface area contributed by atoms with Crippen molar-refractivity contribution in [3.05, 3.63) is 17.7 Å². The molecule has 0 aromatic heterocycles. The second-order valence-corrected chi connectivity index (χ2v) is 3.41. The number of nitrogens with one attached hydrogen (secondary N) is 1. The average molecular weight is 207 g/mol. The van der Waals surface area contributed by atoms with Gasteiger partial charge in [-0.3, -0.25) is 4.79 Å². The summed E-state index contributed by atoms with van der Waals surface area (Å²) in [6, 6.07) is 3.71. The number of ether oxygens (including phenoxy) is 2. The van der Waals surface area contributed by atoms with Crippen molar-refractivity contribution in [2.75, 3.05) is 19.5 Å². The topological polar surface area (TPSA) is 47.6 Å². The van der Waals surface area contributed by atoms with E-state index in [2.05, 4.69) is 5.32 Å². The maximum Gasteiger partial charge on any atom is 0.224 e. The van der Waals surface area contributed by atoms with Crippen molar-refractivity contribution in [2.45, 2.75) is 12.8 Å². The Morgan fingerprint density at radius 1 is 1.13 bits per heavy atom. The zero-order valence-electron chi connectivity index (χ0n) is 8.79. The number of methoxy groups -OCH3 is 2. The predicted molar refractivity (Wildman–Crippen MR) is 56.5 cm³/mol. The second kappa shape index (κ2) is 3.81. The molecule has 1 N–H and O–H groups in total. The summed E-state index contributed by atoms with van der Waals surface area (Å²) in [6.45, 7) is 0. The lowest BCUT2D eigenvalue weighted by molar-refractivity contribution is -0.116. The van der Waals surface area contributed by atoms with E-state index in [1.807, 2.05) is 6.07 Å². The summed E-state index contributed by atoms with van der Waals surface area (Å²) in [4.78, 5) is 11.2. The first-order valence-corrected chi connectivity index (χ1v) is 4.79. The number of aryl methyl sites for hydroxylation is 1. The molecule has 80 valence electrons. The molecule has 1 aliphatic rings. The molecular formula is C11H13NO3. The molecule has 4 heteroatoms. The molecule has 1 aromatic rings. The van der Waals surface area contributed by atoms with Crippen LogP contribution in [0, 0.1) is 0 Å². The molecule has 0 atom stereocenters. The fourth-order valence-corrected chi connectivity index (χ4v) is 1.71. The fourth-order valence-electron chi connectivity index (χ4n) is 1.71. The Balaban J connectivity index is 2.45. The number of hydrogen-bond donors (Lipinski definition) is 1. The zero-order valence-corrected chi connectivity index (χ0v) is 8.79. The van der Waals surface area contributed by atoms with Gasteiger partial charge in [0, 0.05) is 18.2 Å². The highest BCUT2D eigenvalue weighted by Crippen LogP contribution is 2.35. The summed E-state index contributed by atoms with van der Waals surface area (Å²) in [7, 11) is 3.18. The number of fused-ring (bicyclic) bond motifs is 1. The van der Waals surface area contributed by atoms with E-state index < -0.39 is 0 Å². The van der Waals surface area contributed by atoms with Crippen LogP contribution in [0.25, 0.3) is 0 Å². The van der Waals surface area contributed by atoms with Gasteiger partial charge in [0.1, 0.15) is 0 Å². The second-order valence-electron chi connectivity index (χ2n) is 3.41. The molecule has 0 bridgehead atoms. The quantitative estimate of drug-likeness (QED) is 0.801. The molecule has 0 aliphatic carbocycles. The van der Waals surface area contributed by atoms with Gasteiger partial charge in [-0.2, -0.15) is 0 Å². The van der Waals surface area contributed by atoms with Gasteiger partial charge in [-0.15, -0.1) is 0 Å². The van der Waals surface area contributed by atoms with Crippen LogP contribution >= 0.6 is 0 Å². The Labute approximate surface area is 88.2 Å². The van der Waals surface area contributed by atoms with Gasteiger partial charge < -0.3 is 14.8 Å². The fraction of sp³-hybridized carbons (Fsp3) is 0.364. The lowest BCUT2D eigenvalue weighted by Crippen LogP contribution is -2.19. The maximum atomic E-state index is 11.2. The molecule has 0 fully saturated rings. The molecule has 1 aliphatic heterocycles. The first kappa shape index (κ1) is 9.83. The van der Waals surface area contributed by atoms with Crippen LogP contribution in [0.15, 0.2) is 12.1 Å². The van der Waals surface area contributed by atoms with E-state index in [4.69, 9.17) is 9.47 Å². The molecule has 4 nitrogen and oxygen atoms in total. The normalized spacial score (nSPS) is 14.1. The highest BCUT2D eigenvalue weighted by Gasteiger charge is 2.17. The van der Waals surface area contributed by atoms with Crippen LogP contribution < -0.4 is 14.8 Å². The van der Waals surface area contributed by atoms with E-state index >= 15 is 0 Å². The van der Waals surface area contributed by atoms with Gasteiger partial charge in [-0.1, -0.05) is 0 Å². The van der Waals surface area contributed by atoms with Crippen LogP contribution in [-0.2, 0) is 11.2 Å². The van der Waals surface area contributed by atoms with Crippen molar-refractivity contribution < 1.29 is 14.3 Å². The van der Waals surface area contributed by atoms with E-state index in [1.54, 1.807) is 20.3 Å². The number of amides is 1. The molecule has 0 saturated carbocycles. The third-order valence-electron chi connectivity index (χ3n) is 2.50. The van der Waals surface area contributed by atoms with Crippen LogP contribution in [0.2, 0.25) is 0 Å². The third-order valence-corrected chi connectivity index (χ3v) is 2.50. The first-order valence-electron chi connectivity index (χ1n) is 4.79. The summed E-state index contributed by atoms with van der Waals surface area (Å²) in [5.41, 5.74) is 1.91. The van der Waals surface area contributed by atoms with Gasteiger partial charge in [0.25, 0.3) is 0 Å². The monoisotopic (exact) mass is 207 g/mol. The van der Waals surface area contributed by atoms with E-state index in [1.165, 1.54) is 0 Å². The van der Waals surface area contributed by atoms with E-state index in [0.717, 1.165) is 17.7 Å². The standard InChI is InChI=1S/C11H13NO3/c1-14-9-5-7-3-4-11(13)12-8(7)6-10(9)15-2/h5-6H,3-4H2,1-2H3,(H,12,13). The Morgan fingerprint density at radius 3 is 2.47 bits per heavy atom. The van der Waals surface area contributed by atoms with Gasteiger partial charge in [0.15, 0.2) is 11.5 Å². The van der Waals surface area contributed by atoms with Crippen LogP contribution in [0.4, 0.5) is 5.69 Å². The third kappa shape index (κ3) is 1.75. The highest BCUT2D eigenvalue weighted by atomic mass is 16.5. The first-order chi connectivity index (χ1) is 7.24. The average Bonchev–Trinajstić information content (AvgIpc) is 2.27. The van der Waals surface area contributed by atoms with Crippen LogP contribution in [0.3, 0.4) is 0 Å². The SMILES string of the molecule is COc1cc2c(cc1OC)NC(=O)CC2. The van der Waals surface area contributed by atoms with Gasteiger partial charge in [-0.05, 0) is 18.1 Å². The molecule has 2 rings (SSSR count). The Bertz CT molecular complexity index is 401. The van der Waals surface area contributed by atoms with E-state index in [9.17, 15) is 4.79 Å². The Morgan fingerprint density at radius 2 is 1.80 bits per heavy atom. The Kier molecular flexibility index (Phi) is 2.49. The minimum Gasteiger partial charge on any atom is -0.493 e. The molecule has 0 spiro atoms. The summed E-state index contributed by atoms with van der Waals surface area (Å²) < 4.78 is 10.4. The molecule has 1 aromatic carbocycles. The number of rotatable bonds is 2. The number of carbonyl (C=O) groups is 1. The van der Waals surface area contributed by atoms with Crippen molar-refractivity contribution in [1.82, 2.24) is 0 Å². The minimum atomic E-state index is 0.0507. The van der Waals surface area contributed by atoms with Gasteiger partial charge >= 0.3 is 0 Å². The maximum absolute atomic E-state index is 11.2. The summed E-state index contributed by atoms with van der Waals surface area (Å²) in [6.07, 6.45) is 1.28. The van der Waals surface area contributed by atoms with Crippen molar-refractivity contribution in [3.63, 3.8) is 0 Å². The molecule has 1 heterocycles. The molecule has 0 saturated heterocycles. The molecule has 0 unspecified atom stereocenters.